The standard InChI is InChI=1S/C21H18Se/c1-14(2)15-7-5-8-16(13-15)17-10-6-11-19-18-9-3-4-12-20(18)22-21(17)19/h3-14H,1-2H3. The minimum atomic E-state index is 0.413. The zero-order chi connectivity index (χ0) is 15.1. The third-order valence-corrected chi connectivity index (χ3v) is 6.83. The fourth-order valence-electron chi connectivity index (χ4n) is 3.04. The molecule has 1 heterocycles. The molecule has 0 aliphatic carbocycles. The summed E-state index contributed by atoms with van der Waals surface area (Å²) in [5, 5.41) is 2.86. The molecule has 108 valence electrons. The van der Waals surface area contributed by atoms with Crippen LogP contribution in [-0.2, 0) is 0 Å². The summed E-state index contributed by atoms with van der Waals surface area (Å²) in [6.07, 6.45) is 0. The van der Waals surface area contributed by atoms with Gasteiger partial charge in [-0.25, -0.2) is 0 Å². The van der Waals surface area contributed by atoms with Crippen LogP contribution >= 0.6 is 0 Å². The second-order valence-corrected chi connectivity index (χ2v) is 8.27. The van der Waals surface area contributed by atoms with Gasteiger partial charge in [-0.3, -0.25) is 0 Å². The van der Waals surface area contributed by atoms with Crippen molar-refractivity contribution in [2.45, 2.75) is 19.8 Å². The molecule has 1 heteroatoms. The van der Waals surface area contributed by atoms with Crippen molar-refractivity contribution < 1.29 is 0 Å². The van der Waals surface area contributed by atoms with Crippen LogP contribution in [0, 0.1) is 0 Å². The Hall–Kier alpha value is -1.82. The second-order valence-electron chi connectivity index (χ2n) is 6.06. The van der Waals surface area contributed by atoms with Crippen LogP contribution in [0.25, 0.3) is 30.4 Å². The molecule has 4 aromatic rings. The molecule has 0 nitrogen and oxygen atoms in total. The van der Waals surface area contributed by atoms with Crippen molar-refractivity contribution in [1.82, 2.24) is 0 Å². The van der Waals surface area contributed by atoms with Crippen LogP contribution in [0.5, 0.6) is 0 Å². The van der Waals surface area contributed by atoms with Gasteiger partial charge in [-0.2, -0.15) is 0 Å². The Kier molecular flexibility index (Phi) is 3.41. The van der Waals surface area contributed by atoms with Crippen LogP contribution in [0.15, 0.2) is 66.7 Å². The van der Waals surface area contributed by atoms with Gasteiger partial charge in [0.15, 0.2) is 0 Å². The van der Waals surface area contributed by atoms with Crippen molar-refractivity contribution in [1.29, 1.82) is 0 Å². The van der Waals surface area contributed by atoms with E-state index in [4.69, 9.17) is 0 Å². The molecule has 3 aromatic carbocycles. The minimum absolute atomic E-state index is 0.413. The number of hydrogen-bond acceptors (Lipinski definition) is 0. The Morgan fingerprint density at radius 3 is 2.41 bits per heavy atom. The first-order chi connectivity index (χ1) is 10.7. The summed E-state index contributed by atoms with van der Waals surface area (Å²) in [6, 6.07) is 24.7. The summed E-state index contributed by atoms with van der Waals surface area (Å²) in [7, 11) is 0. The molecule has 0 unspecified atom stereocenters. The average Bonchev–Trinajstić information content (AvgIpc) is 2.93. The molecule has 0 bridgehead atoms. The van der Waals surface area contributed by atoms with Crippen molar-refractivity contribution in [3.63, 3.8) is 0 Å². The Balaban J connectivity index is 2.01. The van der Waals surface area contributed by atoms with Crippen LogP contribution in [0.1, 0.15) is 25.3 Å². The van der Waals surface area contributed by atoms with E-state index in [1.807, 2.05) is 0 Å². The van der Waals surface area contributed by atoms with E-state index < -0.39 is 0 Å². The summed E-state index contributed by atoms with van der Waals surface area (Å²) in [6.45, 7) is 4.52. The van der Waals surface area contributed by atoms with E-state index >= 15 is 0 Å². The summed E-state index contributed by atoms with van der Waals surface area (Å²) in [5.74, 6) is 0.569. The van der Waals surface area contributed by atoms with Crippen LogP contribution in [0.4, 0.5) is 0 Å². The fraction of sp³-hybridized carbons (Fsp3) is 0.143. The Bertz CT molecular complexity index is 960. The third kappa shape index (κ3) is 2.22. The zero-order valence-corrected chi connectivity index (χ0v) is 14.5. The normalized spacial score (nSPS) is 11.6. The third-order valence-electron chi connectivity index (χ3n) is 4.27. The van der Waals surface area contributed by atoms with E-state index in [2.05, 4.69) is 80.6 Å². The number of hydrogen-bond donors (Lipinski definition) is 0. The maximum atomic E-state index is 2.36. The predicted octanol–water partition coefficient (Wildman–Crippen LogP) is 5.84. The van der Waals surface area contributed by atoms with Crippen molar-refractivity contribution >= 4 is 33.8 Å². The molecule has 0 spiro atoms. The van der Waals surface area contributed by atoms with Crippen molar-refractivity contribution in [3.8, 4) is 11.1 Å². The van der Waals surface area contributed by atoms with E-state index in [1.54, 1.807) is 0 Å². The molecule has 0 saturated heterocycles. The van der Waals surface area contributed by atoms with Crippen LogP contribution in [0.3, 0.4) is 0 Å². The molecule has 0 saturated carbocycles. The first-order valence-electron chi connectivity index (χ1n) is 7.74. The Morgan fingerprint density at radius 1 is 0.773 bits per heavy atom. The molecule has 0 fully saturated rings. The van der Waals surface area contributed by atoms with Gasteiger partial charge < -0.3 is 0 Å². The topological polar surface area (TPSA) is 0 Å². The van der Waals surface area contributed by atoms with Gasteiger partial charge in [-0.1, -0.05) is 0 Å². The van der Waals surface area contributed by atoms with Crippen molar-refractivity contribution in [2.24, 2.45) is 0 Å². The molecule has 0 radical (unpaired) electrons. The van der Waals surface area contributed by atoms with Gasteiger partial charge in [-0.15, -0.1) is 0 Å². The molecule has 4 rings (SSSR count). The SMILES string of the molecule is CC(C)c1cccc(-c2cccc3c2[se]c2ccccc23)c1. The predicted molar refractivity (Wildman–Crippen MR) is 97.9 cm³/mol. The molecular formula is C21H18Se. The van der Waals surface area contributed by atoms with Gasteiger partial charge in [0.1, 0.15) is 0 Å². The van der Waals surface area contributed by atoms with Crippen LogP contribution in [0.2, 0.25) is 0 Å². The summed E-state index contributed by atoms with van der Waals surface area (Å²) in [4.78, 5) is 0. The molecule has 0 amide bonds. The molecule has 0 aliphatic heterocycles. The summed E-state index contributed by atoms with van der Waals surface area (Å²) in [5.41, 5.74) is 4.19. The van der Waals surface area contributed by atoms with E-state index in [-0.39, 0.29) is 0 Å². The maximum absolute atomic E-state index is 2.36. The Labute approximate surface area is 137 Å². The number of benzene rings is 3. The molecule has 0 atom stereocenters. The average molecular weight is 349 g/mol. The monoisotopic (exact) mass is 350 g/mol. The molecule has 0 aliphatic rings. The van der Waals surface area contributed by atoms with E-state index in [9.17, 15) is 0 Å². The fourth-order valence-corrected chi connectivity index (χ4v) is 5.64. The van der Waals surface area contributed by atoms with Crippen LogP contribution < -0.4 is 0 Å². The van der Waals surface area contributed by atoms with Gasteiger partial charge in [-0.05, 0) is 0 Å². The summed E-state index contributed by atoms with van der Waals surface area (Å²) >= 11 is 0.413. The van der Waals surface area contributed by atoms with Gasteiger partial charge in [0, 0.05) is 0 Å². The summed E-state index contributed by atoms with van der Waals surface area (Å²) < 4.78 is 3.05. The molecule has 0 N–H and O–H groups in total. The van der Waals surface area contributed by atoms with Gasteiger partial charge in [0.2, 0.25) is 0 Å². The number of rotatable bonds is 2. The zero-order valence-electron chi connectivity index (χ0n) is 12.8. The van der Waals surface area contributed by atoms with Gasteiger partial charge in [0.25, 0.3) is 0 Å². The quantitative estimate of drug-likeness (QED) is 0.399. The van der Waals surface area contributed by atoms with Gasteiger partial charge in [0.05, 0.1) is 0 Å². The number of fused-ring (bicyclic) bond motifs is 3. The second kappa shape index (κ2) is 5.43. The Morgan fingerprint density at radius 2 is 1.55 bits per heavy atom. The van der Waals surface area contributed by atoms with E-state index in [0.29, 0.717) is 20.4 Å². The van der Waals surface area contributed by atoms with Crippen molar-refractivity contribution in [3.05, 3.63) is 72.3 Å². The van der Waals surface area contributed by atoms with E-state index in [0.717, 1.165) is 0 Å². The van der Waals surface area contributed by atoms with Crippen molar-refractivity contribution in [2.75, 3.05) is 0 Å². The van der Waals surface area contributed by atoms with Gasteiger partial charge >= 0.3 is 137 Å². The molecule has 22 heavy (non-hydrogen) atoms. The van der Waals surface area contributed by atoms with Crippen LogP contribution in [-0.4, -0.2) is 14.5 Å². The first kappa shape index (κ1) is 13.8. The van der Waals surface area contributed by atoms with E-state index in [1.165, 1.54) is 36.0 Å². The molecular weight excluding hydrogens is 331 g/mol. The first-order valence-corrected chi connectivity index (χ1v) is 9.46. The molecule has 1 aromatic heterocycles.